The van der Waals surface area contributed by atoms with E-state index >= 15 is 0 Å². The molecule has 1 aliphatic rings. The van der Waals surface area contributed by atoms with Gasteiger partial charge < -0.3 is 34.8 Å². The molecule has 210 valence electrons. The first-order valence-corrected chi connectivity index (χ1v) is 12.7. The average Bonchev–Trinajstić information content (AvgIpc) is 2.93. The van der Waals surface area contributed by atoms with Gasteiger partial charge in [-0.15, -0.1) is 0 Å². The lowest BCUT2D eigenvalue weighted by molar-refractivity contribution is -0.111. The van der Waals surface area contributed by atoms with Gasteiger partial charge in [-0.25, -0.2) is 9.37 Å². The maximum Gasteiger partial charge on any atom is 0.247 e. The number of hydrogen-bond acceptors (Lipinski definition) is 9. The van der Waals surface area contributed by atoms with Gasteiger partial charge in [0, 0.05) is 45.0 Å². The first-order chi connectivity index (χ1) is 19.2. The van der Waals surface area contributed by atoms with Gasteiger partial charge in [0.2, 0.25) is 11.9 Å². The largest absolute Gasteiger partial charge is 0.494 e. The van der Waals surface area contributed by atoms with Gasteiger partial charge in [-0.3, -0.25) is 4.79 Å². The average molecular weight is 548 g/mol. The summed E-state index contributed by atoms with van der Waals surface area (Å²) in [6.45, 7) is 5.60. The molecule has 2 aromatic carbocycles. The van der Waals surface area contributed by atoms with E-state index in [9.17, 15) is 9.18 Å². The Morgan fingerprint density at radius 2 is 1.93 bits per heavy atom. The number of likely N-dealkylation sites (N-methyl/N-ethyl adjacent to an activating group) is 3. The van der Waals surface area contributed by atoms with Crippen molar-refractivity contribution in [2.24, 2.45) is 0 Å². The first-order valence-electron chi connectivity index (χ1n) is 12.7. The van der Waals surface area contributed by atoms with E-state index in [1.807, 2.05) is 50.1 Å². The molecule has 1 aliphatic heterocycles. The molecule has 2 heterocycles. The van der Waals surface area contributed by atoms with Crippen LogP contribution in [0.4, 0.5) is 33.2 Å². The SMILES string of the molecule is C=CC(=O)Nc1cc(Nc2ncc3c(n2)N(C)CC(Oc2ccc(F)cc2)=C3)c(OC)cc1N(C)CCN(C)C. The number of nitrogens with one attached hydrogen (secondary N) is 2. The van der Waals surface area contributed by atoms with Crippen LogP contribution >= 0.6 is 0 Å². The second-order valence-electron chi connectivity index (χ2n) is 9.61. The number of carbonyl (C=O) groups excluding carboxylic acids is 1. The fraction of sp³-hybridized carbons (Fsp3) is 0.276. The second-order valence-corrected chi connectivity index (χ2v) is 9.61. The predicted molar refractivity (Wildman–Crippen MR) is 157 cm³/mol. The highest BCUT2D eigenvalue weighted by Crippen LogP contribution is 2.38. The quantitative estimate of drug-likeness (QED) is 0.340. The molecule has 0 aliphatic carbocycles. The number of ether oxygens (including phenoxy) is 2. The number of carbonyl (C=O) groups is 1. The highest BCUT2D eigenvalue weighted by molar-refractivity contribution is 6.02. The summed E-state index contributed by atoms with van der Waals surface area (Å²) in [5.41, 5.74) is 2.75. The van der Waals surface area contributed by atoms with Crippen molar-refractivity contribution in [2.75, 3.05) is 75.4 Å². The molecule has 1 amide bonds. The number of methoxy groups -OCH3 is 1. The molecule has 0 fully saturated rings. The summed E-state index contributed by atoms with van der Waals surface area (Å²) in [4.78, 5) is 27.5. The van der Waals surface area contributed by atoms with E-state index in [-0.39, 0.29) is 11.7 Å². The summed E-state index contributed by atoms with van der Waals surface area (Å²) in [7, 11) is 9.46. The van der Waals surface area contributed by atoms with Crippen molar-refractivity contribution < 1.29 is 18.7 Å². The van der Waals surface area contributed by atoms with Crippen LogP contribution in [-0.2, 0) is 4.79 Å². The van der Waals surface area contributed by atoms with Crippen molar-refractivity contribution >= 4 is 40.8 Å². The third-order valence-electron chi connectivity index (χ3n) is 6.23. The maximum absolute atomic E-state index is 13.2. The third kappa shape index (κ3) is 6.86. The molecule has 1 aromatic heterocycles. The molecule has 0 radical (unpaired) electrons. The number of amides is 1. The molecular weight excluding hydrogens is 513 g/mol. The zero-order chi connectivity index (χ0) is 28.8. The van der Waals surface area contributed by atoms with Crippen molar-refractivity contribution in [2.45, 2.75) is 0 Å². The van der Waals surface area contributed by atoms with Crippen molar-refractivity contribution in [3.8, 4) is 11.5 Å². The molecule has 10 nitrogen and oxygen atoms in total. The van der Waals surface area contributed by atoms with Crippen LogP contribution < -0.4 is 29.9 Å². The van der Waals surface area contributed by atoms with Crippen molar-refractivity contribution in [3.63, 3.8) is 0 Å². The molecule has 11 heteroatoms. The zero-order valence-corrected chi connectivity index (χ0v) is 23.4. The van der Waals surface area contributed by atoms with Crippen molar-refractivity contribution in [1.82, 2.24) is 14.9 Å². The van der Waals surface area contributed by atoms with E-state index in [1.54, 1.807) is 31.5 Å². The van der Waals surface area contributed by atoms with E-state index in [0.29, 0.717) is 46.9 Å². The monoisotopic (exact) mass is 547 g/mol. The molecular formula is C29H34FN7O3. The summed E-state index contributed by atoms with van der Waals surface area (Å²) in [6, 6.07) is 9.54. The van der Waals surface area contributed by atoms with Gasteiger partial charge in [0.25, 0.3) is 0 Å². The molecule has 2 N–H and O–H groups in total. The van der Waals surface area contributed by atoms with E-state index in [4.69, 9.17) is 14.5 Å². The van der Waals surface area contributed by atoms with Crippen LogP contribution in [0.25, 0.3) is 6.08 Å². The molecule has 0 saturated heterocycles. The normalized spacial score (nSPS) is 12.4. The number of rotatable bonds is 11. The van der Waals surface area contributed by atoms with Crippen LogP contribution in [0.5, 0.6) is 11.5 Å². The predicted octanol–water partition coefficient (Wildman–Crippen LogP) is 4.36. The first kappa shape index (κ1) is 28.4. The minimum Gasteiger partial charge on any atom is -0.494 e. The summed E-state index contributed by atoms with van der Waals surface area (Å²) in [5.74, 6) is 2.22. The van der Waals surface area contributed by atoms with Gasteiger partial charge in [-0.2, -0.15) is 4.98 Å². The summed E-state index contributed by atoms with van der Waals surface area (Å²) in [6.07, 6.45) is 4.79. The Bertz CT molecular complexity index is 1410. The number of benzene rings is 2. The zero-order valence-electron chi connectivity index (χ0n) is 23.4. The van der Waals surface area contributed by atoms with Gasteiger partial charge in [-0.05, 0) is 56.6 Å². The molecule has 0 saturated carbocycles. The number of aromatic nitrogens is 2. The molecule has 3 aromatic rings. The lowest BCUT2D eigenvalue weighted by Gasteiger charge is -2.27. The van der Waals surface area contributed by atoms with E-state index < -0.39 is 0 Å². The van der Waals surface area contributed by atoms with Crippen LogP contribution in [0.3, 0.4) is 0 Å². The number of fused-ring (bicyclic) bond motifs is 1. The molecule has 0 bridgehead atoms. The molecule has 40 heavy (non-hydrogen) atoms. The van der Waals surface area contributed by atoms with E-state index in [2.05, 4.69) is 27.1 Å². The van der Waals surface area contributed by atoms with Crippen LogP contribution in [0.2, 0.25) is 0 Å². The Morgan fingerprint density at radius 3 is 2.60 bits per heavy atom. The summed E-state index contributed by atoms with van der Waals surface area (Å²) < 4.78 is 24.8. The lowest BCUT2D eigenvalue weighted by Crippen LogP contribution is -2.29. The summed E-state index contributed by atoms with van der Waals surface area (Å²) >= 11 is 0. The van der Waals surface area contributed by atoms with Crippen molar-refractivity contribution in [1.29, 1.82) is 0 Å². The minimum atomic E-state index is -0.324. The summed E-state index contributed by atoms with van der Waals surface area (Å²) in [5, 5.41) is 6.13. The number of nitrogens with zero attached hydrogens (tertiary/aromatic N) is 5. The maximum atomic E-state index is 13.2. The Hall–Kier alpha value is -4.64. The van der Waals surface area contributed by atoms with Gasteiger partial charge in [0.05, 0.1) is 30.7 Å². The smallest absolute Gasteiger partial charge is 0.247 e. The minimum absolute atomic E-state index is 0.321. The standard InChI is InChI=1S/C29H34FN7O3/c1-7-27(38)32-23-15-24(26(39-6)16-25(23)36(4)13-12-35(2)3)33-29-31-17-19-14-22(18-37(5)28(19)34-29)40-21-10-8-20(30)9-11-21/h7-11,14-17H,1,12-13,18H2,2-6H3,(H,32,38)(H,31,33,34). The fourth-order valence-corrected chi connectivity index (χ4v) is 4.12. The molecule has 0 atom stereocenters. The van der Waals surface area contributed by atoms with Gasteiger partial charge in [0.15, 0.2) is 0 Å². The highest BCUT2D eigenvalue weighted by atomic mass is 19.1. The second kappa shape index (κ2) is 12.5. The van der Waals surface area contributed by atoms with Crippen LogP contribution in [0.1, 0.15) is 5.56 Å². The Morgan fingerprint density at radius 1 is 1.18 bits per heavy atom. The van der Waals surface area contributed by atoms with Crippen LogP contribution in [0.15, 0.2) is 61.0 Å². The highest BCUT2D eigenvalue weighted by Gasteiger charge is 2.21. The number of anilines is 5. The van der Waals surface area contributed by atoms with Gasteiger partial charge in [0.1, 0.15) is 28.9 Å². The van der Waals surface area contributed by atoms with Crippen LogP contribution in [-0.4, -0.2) is 75.7 Å². The Balaban J connectivity index is 1.61. The van der Waals surface area contributed by atoms with Gasteiger partial charge in [-0.1, -0.05) is 6.58 Å². The van der Waals surface area contributed by atoms with Crippen LogP contribution in [0, 0.1) is 5.82 Å². The third-order valence-corrected chi connectivity index (χ3v) is 6.23. The van der Waals surface area contributed by atoms with Gasteiger partial charge >= 0.3 is 0 Å². The Kier molecular flexibility index (Phi) is 8.85. The molecule has 4 rings (SSSR count). The topological polar surface area (TPSA) is 95.1 Å². The lowest BCUT2D eigenvalue weighted by atomic mass is 10.2. The Labute approximate surface area is 233 Å². The molecule has 0 unspecified atom stereocenters. The van der Waals surface area contributed by atoms with E-state index in [0.717, 1.165) is 24.3 Å². The fourth-order valence-electron chi connectivity index (χ4n) is 4.12. The molecule has 0 spiro atoms. The number of hydrogen-bond donors (Lipinski definition) is 2. The van der Waals surface area contributed by atoms with E-state index in [1.165, 1.54) is 18.2 Å². The number of halogens is 1. The van der Waals surface area contributed by atoms with Crippen molar-refractivity contribution in [3.05, 3.63) is 72.4 Å².